The molecule has 18 heteroatoms. The van der Waals surface area contributed by atoms with Crippen LogP contribution in [0.2, 0.25) is 0 Å². The van der Waals surface area contributed by atoms with E-state index >= 15 is 0 Å². The van der Waals surface area contributed by atoms with E-state index in [1.54, 1.807) is 13.8 Å². The molecule has 4 atom stereocenters. The van der Waals surface area contributed by atoms with Crippen LogP contribution in [0.4, 0.5) is 0 Å². The smallest absolute Gasteiger partial charge is 0.346 e. The highest BCUT2D eigenvalue weighted by atomic mass is 35.6. The second-order valence-corrected chi connectivity index (χ2v) is 13.7. The van der Waals surface area contributed by atoms with E-state index in [2.05, 4.69) is 9.47 Å². The standard InChI is InChI=1S/C17H23Cl6O11P/c1-15(2)33-10-9(32-11(12(24)26-3)13(25)27-4)8(31-14(10)34-15)5-28-35(29-6-16(18,19)20)30-7-17(21,22)23/h8-11,14H,5-7H2,1-4H3/t8-,9-,10+,14+/m1/s1. The fourth-order valence-corrected chi connectivity index (χ4v) is 4.80. The zero-order valence-electron chi connectivity index (χ0n) is 18.7. The van der Waals surface area contributed by atoms with Crippen molar-refractivity contribution in [2.24, 2.45) is 0 Å². The number of esters is 2. The lowest BCUT2D eigenvalue weighted by atomic mass is 10.1. The zero-order chi connectivity index (χ0) is 26.6. The predicted octanol–water partition coefficient (Wildman–Crippen LogP) is 3.98. The van der Waals surface area contributed by atoms with Crippen LogP contribution in [0.3, 0.4) is 0 Å². The van der Waals surface area contributed by atoms with E-state index < -0.39 is 77.8 Å². The van der Waals surface area contributed by atoms with Crippen LogP contribution in [-0.2, 0) is 51.6 Å². The topological polar surface area (TPSA) is 117 Å². The molecule has 0 unspecified atom stereocenters. The number of ether oxygens (including phenoxy) is 6. The first kappa shape index (κ1) is 32.0. The number of hydrogen-bond acceptors (Lipinski definition) is 11. The third-order valence-electron chi connectivity index (χ3n) is 4.22. The van der Waals surface area contributed by atoms with Gasteiger partial charge in [-0.2, -0.15) is 0 Å². The monoisotopic (exact) mass is 644 g/mol. The van der Waals surface area contributed by atoms with Crippen molar-refractivity contribution in [2.45, 2.75) is 57.9 Å². The van der Waals surface area contributed by atoms with Crippen molar-refractivity contribution >= 4 is 90.1 Å². The quantitative estimate of drug-likeness (QED) is 0.140. The molecular weight excluding hydrogens is 624 g/mol. The van der Waals surface area contributed by atoms with Crippen LogP contribution in [0.15, 0.2) is 0 Å². The van der Waals surface area contributed by atoms with Crippen LogP contribution >= 0.6 is 78.2 Å². The number of halogens is 6. The van der Waals surface area contributed by atoms with Crippen LogP contribution in [0.5, 0.6) is 0 Å². The van der Waals surface area contributed by atoms with Crippen molar-refractivity contribution in [1.29, 1.82) is 0 Å². The lowest BCUT2D eigenvalue weighted by molar-refractivity contribution is -0.226. The molecule has 0 N–H and O–H groups in total. The molecule has 0 aromatic rings. The van der Waals surface area contributed by atoms with Gasteiger partial charge in [-0.3, -0.25) is 0 Å². The lowest BCUT2D eigenvalue weighted by Crippen LogP contribution is -2.46. The summed E-state index contributed by atoms with van der Waals surface area (Å²) in [5, 5.41) is 0. The van der Waals surface area contributed by atoms with Crippen molar-refractivity contribution < 1.29 is 51.6 Å². The predicted molar refractivity (Wildman–Crippen MR) is 127 cm³/mol. The van der Waals surface area contributed by atoms with E-state index in [0.29, 0.717) is 0 Å². The molecule has 0 aromatic heterocycles. The number of rotatable bonds is 11. The number of carbonyl (C=O) groups excluding carboxylic acids is 2. The third kappa shape index (κ3) is 10.5. The summed E-state index contributed by atoms with van der Waals surface area (Å²) in [4.78, 5) is 24.3. The lowest BCUT2D eigenvalue weighted by Gasteiger charge is -2.28. The van der Waals surface area contributed by atoms with Gasteiger partial charge >= 0.3 is 20.5 Å². The van der Waals surface area contributed by atoms with Gasteiger partial charge in [0.2, 0.25) is 7.59 Å². The van der Waals surface area contributed by atoms with Gasteiger partial charge in [-0.25, -0.2) is 9.59 Å². The highest BCUT2D eigenvalue weighted by Crippen LogP contribution is 2.46. The van der Waals surface area contributed by atoms with Gasteiger partial charge in [0.25, 0.3) is 6.10 Å². The Balaban J connectivity index is 2.16. The Bertz CT molecular complexity index is 700. The van der Waals surface area contributed by atoms with Crippen LogP contribution in [-0.4, -0.2) is 90.1 Å². The molecule has 0 amide bonds. The molecule has 35 heavy (non-hydrogen) atoms. The Labute approximate surface area is 232 Å². The first-order chi connectivity index (χ1) is 16.0. The molecule has 204 valence electrons. The number of alkyl halides is 6. The molecule has 2 saturated heterocycles. The molecule has 2 aliphatic heterocycles. The summed E-state index contributed by atoms with van der Waals surface area (Å²) in [7, 11) is -0.0389. The summed E-state index contributed by atoms with van der Waals surface area (Å²) < 4.78 is 45.2. The Morgan fingerprint density at radius 1 is 0.914 bits per heavy atom. The maximum absolute atomic E-state index is 12.1. The molecule has 0 radical (unpaired) electrons. The molecule has 2 fully saturated rings. The molecule has 2 rings (SSSR count). The highest BCUT2D eigenvalue weighted by molar-refractivity contribution is 7.41. The Morgan fingerprint density at radius 2 is 1.43 bits per heavy atom. The second kappa shape index (κ2) is 13.3. The molecule has 2 heterocycles. The van der Waals surface area contributed by atoms with Gasteiger partial charge in [0.05, 0.1) is 20.8 Å². The molecule has 0 saturated carbocycles. The largest absolute Gasteiger partial charge is 0.467 e. The molecule has 2 aliphatic rings. The molecule has 0 bridgehead atoms. The van der Waals surface area contributed by atoms with E-state index in [4.69, 9.17) is 102 Å². The van der Waals surface area contributed by atoms with Crippen LogP contribution < -0.4 is 0 Å². The summed E-state index contributed by atoms with van der Waals surface area (Å²) >= 11 is 34.3. The van der Waals surface area contributed by atoms with Gasteiger partial charge in [0.1, 0.15) is 31.5 Å². The van der Waals surface area contributed by atoms with Crippen LogP contribution in [0, 0.1) is 0 Å². The van der Waals surface area contributed by atoms with Gasteiger partial charge in [-0.15, -0.1) is 0 Å². The van der Waals surface area contributed by atoms with Crippen LogP contribution in [0.1, 0.15) is 13.8 Å². The van der Waals surface area contributed by atoms with Crippen molar-refractivity contribution in [3.63, 3.8) is 0 Å². The molecular formula is C17H23Cl6O11P. The highest BCUT2D eigenvalue weighted by Gasteiger charge is 2.57. The van der Waals surface area contributed by atoms with Gasteiger partial charge in [-0.1, -0.05) is 69.6 Å². The van der Waals surface area contributed by atoms with Crippen molar-refractivity contribution in [2.75, 3.05) is 34.0 Å². The fourth-order valence-electron chi connectivity index (χ4n) is 2.92. The Hall–Kier alpha value is 0.830. The second-order valence-electron chi connectivity index (χ2n) is 7.47. The first-order valence-corrected chi connectivity index (χ1v) is 13.1. The summed E-state index contributed by atoms with van der Waals surface area (Å²) in [6, 6.07) is 0. The van der Waals surface area contributed by atoms with Crippen LogP contribution in [0.25, 0.3) is 0 Å². The van der Waals surface area contributed by atoms with E-state index in [0.717, 1.165) is 14.2 Å². The van der Waals surface area contributed by atoms with Crippen molar-refractivity contribution in [3.8, 4) is 0 Å². The average Bonchev–Trinajstić information content (AvgIpc) is 3.20. The minimum absolute atomic E-state index is 0.273. The molecule has 0 aliphatic carbocycles. The molecule has 0 aromatic carbocycles. The minimum Gasteiger partial charge on any atom is -0.467 e. The van der Waals surface area contributed by atoms with E-state index in [9.17, 15) is 9.59 Å². The van der Waals surface area contributed by atoms with Gasteiger partial charge in [-0.05, 0) is 13.8 Å². The zero-order valence-corrected chi connectivity index (χ0v) is 24.1. The van der Waals surface area contributed by atoms with Crippen molar-refractivity contribution in [3.05, 3.63) is 0 Å². The average molecular weight is 647 g/mol. The Morgan fingerprint density at radius 3 is 1.89 bits per heavy atom. The van der Waals surface area contributed by atoms with Crippen molar-refractivity contribution in [1.82, 2.24) is 0 Å². The fraction of sp³-hybridized carbons (Fsp3) is 0.882. The minimum atomic E-state index is -2.22. The molecule has 0 spiro atoms. The normalized spacial score (nSPS) is 26.3. The summed E-state index contributed by atoms with van der Waals surface area (Å²) in [6.07, 6.45) is -5.48. The van der Waals surface area contributed by atoms with E-state index in [1.165, 1.54) is 0 Å². The summed E-state index contributed by atoms with van der Waals surface area (Å²) in [5.41, 5.74) is 0. The van der Waals surface area contributed by atoms with E-state index in [1.807, 2.05) is 0 Å². The van der Waals surface area contributed by atoms with Gasteiger partial charge < -0.3 is 42.0 Å². The Kier molecular flexibility index (Phi) is 12.1. The van der Waals surface area contributed by atoms with Gasteiger partial charge in [0.15, 0.2) is 12.1 Å². The SMILES string of the molecule is COC(=O)C(O[C@H]1[C@@H]2OC(C)(C)O[C@@H]2O[C@@H]1COP(OCC(Cl)(Cl)Cl)OCC(Cl)(Cl)Cl)C(=O)OC. The molecule has 11 nitrogen and oxygen atoms in total. The van der Waals surface area contributed by atoms with Gasteiger partial charge in [0, 0.05) is 0 Å². The van der Waals surface area contributed by atoms with E-state index in [-0.39, 0.29) is 6.61 Å². The summed E-state index contributed by atoms with van der Waals surface area (Å²) in [5.74, 6) is -3.00. The maximum Gasteiger partial charge on any atom is 0.346 e. The third-order valence-corrected chi connectivity index (χ3v) is 5.92. The number of hydrogen-bond donors (Lipinski definition) is 0. The number of methoxy groups -OCH3 is 2. The first-order valence-electron chi connectivity index (χ1n) is 9.70. The summed E-state index contributed by atoms with van der Waals surface area (Å²) in [6.45, 7) is 2.22. The number of fused-ring (bicyclic) bond motifs is 1. The number of carbonyl (C=O) groups is 2. The maximum atomic E-state index is 12.1.